The summed E-state index contributed by atoms with van der Waals surface area (Å²) in [7, 11) is 2.18. The van der Waals surface area contributed by atoms with E-state index in [0.29, 0.717) is 0 Å². The summed E-state index contributed by atoms with van der Waals surface area (Å²) in [5.74, 6) is 0. The highest BCUT2D eigenvalue weighted by Crippen LogP contribution is 2.32. The smallest absolute Gasteiger partial charge is 0.0489 e. The molecule has 0 radical (unpaired) electrons. The van der Waals surface area contributed by atoms with Gasteiger partial charge in [-0.25, -0.2) is 0 Å². The second-order valence-corrected chi connectivity index (χ2v) is 7.26. The predicted octanol–water partition coefficient (Wildman–Crippen LogP) is 4.70. The van der Waals surface area contributed by atoms with E-state index in [0.717, 1.165) is 42.3 Å². The molecule has 0 fully saturated rings. The molecule has 0 amide bonds. The van der Waals surface area contributed by atoms with Crippen molar-refractivity contribution in [1.82, 2.24) is 14.5 Å². The molecule has 2 aromatic heterocycles. The Morgan fingerprint density at radius 3 is 2.92 bits per heavy atom. The lowest BCUT2D eigenvalue weighted by molar-refractivity contribution is 0.310. The number of hydrogen-bond donors (Lipinski definition) is 0. The highest BCUT2D eigenvalue weighted by molar-refractivity contribution is 6.31. The SMILES string of the molecule is Cc1ccc(/C=C/Cn2c3c(c4cc(Cl)ccc42)CN(C)CC3)cn1. The monoisotopic (exact) mass is 351 g/mol. The number of pyridine rings is 1. The van der Waals surface area contributed by atoms with Gasteiger partial charge in [-0.3, -0.25) is 4.98 Å². The number of rotatable bonds is 3. The minimum atomic E-state index is 0.807. The first kappa shape index (κ1) is 16.4. The molecule has 1 aliphatic heterocycles. The van der Waals surface area contributed by atoms with Crippen LogP contribution in [0.1, 0.15) is 22.5 Å². The first-order chi connectivity index (χ1) is 12.1. The van der Waals surface area contributed by atoms with Crippen LogP contribution in [-0.4, -0.2) is 28.0 Å². The number of hydrogen-bond acceptors (Lipinski definition) is 2. The molecule has 3 nitrogen and oxygen atoms in total. The molecule has 3 aromatic rings. The Labute approximate surface area is 153 Å². The van der Waals surface area contributed by atoms with Crippen LogP contribution in [0.2, 0.25) is 5.02 Å². The van der Waals surface area contributed by atoms with E-state index < -0.39 is 0 Å². The van der Waals surface area contributed by atoms with E-state index in [9.17, 15) is 0 Å². The zero-order chi connectivity index (χ0) is 17.4. The number of allylic oxidation sites excluding steroid dienone is 1. The lowest BCUT2D eigenvalue weighted by Gasteiger charge is -2.24. The van der Waals surface area contributed by atoms with Crippen molar-refractivity contribution in [3.05, 3.63) is 70.1 Å². The summed E-state index contributed by atoms with van der Waals surface area (Å²) in [5, 5.41) is 2.10. The third kappa shape index (κ3) is 3.22. The Bertz CT molecular complexity index is 938. The van der Waals surface area contributed by atoms with E-state index >= 15 is 0 Å². The molecule has 0 aliphatic carbocycles. The van der Waals surface area contributed by atoms with Crippen molar-refractivity contribution in [2.75, 3.05) is 13.6 Å². The molecule has 0 atom stereocenters. The average molecular weight is 352 g/mol. The largest absolute Gasteiger partial charge is 0.340 e. The normalized spacial score (nSPS) is 15.2. The van der Waals surface area contributed by atoms with Gasteiger partial charge in [-0.2, -0.15) is 0 Å². The van der Waals surface area contributed by atoms with Crippen molar-refractivity contribution in [2.45, 2.75) is 26.4 Å². The van der Waals surface area contributed by atoms with E-state index in [1.165, 1.54) is 22.2 Å². The molecule has 1 aliphatic rings. The van der Waals surface area contributed by atoms with Crippen LogP contribution in [-0.2, 0) is 19.5 Å². The zero-order valence-electron chi connectivity index (χ0n) is 14.7. The van der Waals surface area contributed by atoms with Crippen LogP contribution in [0.5, 0.6) is 0 Å². The van der Waals surface area contributed by atoms with Gasteiger partial charge < -0.3 is 9.47 Å². The molecular formula is C21H22ClN3. The molecule has 0 spiro atoms. The third-order valence-corrected chi connectivity index (χ3v) is 5.17. The second-order valence-electron chi connectivity index (χ2n) is 6.82. The standard InChI is InChI=1S/C21H22ClN3/c1-15-5-6-16(13-23-15)4-3-10-25-20-8-7-17(22)12-18(20)19-14-24(2)11-9-21(19)25/h3-8,12-13H,9-11,14H2,1-2H3/b4-3+. The van der Waals surface area contributed by atoms with E-state index in [-0.39, 0.29) is 0 Å². The van der Waals surface area contributed by atoms with Gasteiger partial charge in [-0.05, 0) is 49.4 Å². The molecule has 3 heterocycles. The topological polar surface area (TPSA) is 21.1 Å². The molecule has 1 aromatic carbocycles. The molecule has 128 valence electrons. The van der Waals surface area contributed by atoms with Gasteiger partial charge in [-0.1, -0.05) is 29.8 Å². The minimum absolute atomic E-state index is 0.807. The fraction of sp³-hybridized carbons (Fsp3) is 0.286. The van der Waals surface area contributed by atoms with E-state index in [2.05, 4.69) is 51.8 Å². The van der Waals surface area contributed by atoms with Crippen molar-refractivity contribution < 1.29 is 0 Å². The van der Waals surface area contributed by atoms with Crippen LogP contribution in [0.15, 0.2) is 42.6 Å². The maximum Gasteiger partial charge on any atom is 0.0489 e. The Morgan fingerprint density at radius 2 is 2.12 bits per heavy atom. The summed E-state index contributed by atoms with van der Waals surface area (Å²) in [6, 6.07) is 10.4. The Morgan fingerprint density at radius 1 is 1.24 bits per heavy atom. The molecule has 25 heavy (non-hydrogen) atoms. The van der Waals surface area contributed by atoms with Crippen molar-refractivity contribution in [3.8, 4) is 0 Å². The Hall–Kier alpha value is -2.10. The molecule has 0 bridgehead atoms. The fourth-order valence-corrected chi connectivity index (χ4v) is 3.81. The summed E-state index contributed by atoms with van der Waals surface area (Å²) in [6.45, 7) is 4.96. The minimum Gasteiger partial charge on any atom is -0.340 e. The van der Waals surface area contributed by atoms with Gasteiger partial charge in [0, 0.05) is 59.6 Å². The van der Waals surface area contributed by atoms with E-state index in [4.69, 9.17) is 11.6 Å². The molecule has 0 saturated carbocycles. The number of aromatic nitrogens is 2. The van der Waals surface area contributed by atoms with Crippen molar-refractivity contribution in [3.63, 3.8) is 0 Å². The quantitative estimate of drug-likeness (QED) is 0.682. The lowest BCUT2D eigenvalue weighted by atomic mass is 10.1. The number of aryl methyl sites for hydroxylation is 1. The summed E-state index contributed by atoms with van der Waals surface area (Å²) in [6.07, 6.45) is 7.37. The fourth-order valence-electron chi connectivity index (χ4n) is 3.64. The van der Waals surface area contributed by atoms with Gasteiger partial charge in [0.1, 0.15) is 0 Å². The third-order valence-electron chi connectivity index (χ3n) is 4.94. The van der Waals surface area contributed by atoms with Crippen LogP contribution >= 0.6 is 11.6 Å². The maximum atomic E-state index is 6.26. The highest BCUT2D eigenvalue weighted by Gasteiger charge is 2.21. The molecule has 4 heteroatoms. The highest BCUT2D eigenvalue weighted by atomic mass is 35.5. The number of likely N-dealkylation sites (N-methyl/N-ethyl adjacent to an activating group) is 1. The summed E-state index contributed by atoms with van der Waals surface area (Å²) in [5.41, 5.74) is 6.33. The number of nitrogens with zero attached hydrogens (tertiary/aromatic N) is 3. The van der Waals surface area contributed by atoms with Gasteiger partial charge in [0.05, 0.1) is 0 Å². The van der Waals surface area contributed by atoms with Gasteiger partial charge in [-0.15, -0.1) is 0 Å². The average Bonchev–Trinajstić information content (AvgIpc) is 2.89. The second kappa shape index (κ2) is 6.66. The maximum absolute atomic E-state index is 6.26. The summed E-state index contributed by atoms with van der Waals surface area (Å²) in [4.78, 5) is 6.73. The number of benzene rings is 1. The van der Waals surface area contributed by atoms with Crippen molar-refractivity contribution in [2.24, 2.45) is 0 Å². The molecule has 0 N–H and O–H groups in total. The molecular weight excluding hydrogens is 330 g/mol. The van der Waals surface area contributed by atoms with Crippen LogP contribution in [0.3, 0.4) is 0 Å². The zero-order valence-corrected chi connectivity index (χ0v) is 15.4. The number of halogens is 1. The molecule has 0 unspecified atom stereocenters. The first-order valence-corrected chi connectivity index (χ1v) is 9.07. The van der Waals surface area contributed by atoms with Crippen molar-refractivity contribution >= 4 is 28.6 Å². The van der Waals surface area contributed by atoms with Crippen LogP contribution in [0, 0.1) is 6.92 Å². The van der Waals surface area contributed by atoms with E-state index in [1.807, 2.05) is 25.3 Å². The van der Waals surface area contributed by atoms with Gasteiger partial charge in [0.2, 0.25) is 0 Å². The molecule has 4 rings (SSSR count). The van der Waals surface area contributed by atoms with Crippen LogP contribution in [0.25, 0.3) is 17.0 Å². The van der Waals surface area contributed by atoms with Crippen molar-refractivity contribution in [1.29, 1.82) is 0 Å². The molecule has 0 saturated heterocycles. The van der Waals surface area contributed by atoms with Crippen LogP contribution < -0.4 is 0 Å². The first-order valence-electron chi connectivity index (χ1n) is 8.69. The van der Waals surface area contributed by atoms with Gasteiger partial charge >= 0.3 is 0 Å². The van der Waals surface area contributed by atoms with Crippen LogP contribution in [0.4, 0.5) is 0 Å². The Balaban J connectivity index is 1.70. The van der Waals surface area contributed by atoms with E-state index in [1.54, 1.807) is 0 Å². The van der Waals surface area contributed by atoms with Gasteiger partial charge in [0.25, 0.3) is 0 Å². The number of fused-ring (bicyclic) bond motifs is 3. The predicted molar refractivity (Wildman–Crippen MR) is 105 cm³/mol. The summed E-state index contributed by atoms with van der Waals surface area (Å²) < 4.78 is 2.44. The Kier molecular flexibility index (Phi) is 4.36. The lowest BCUT2D eigenvalue weighted by Crippen LogP contribution is -2.27. The van der Waals surface area contributed by atoms with Gasteiger partial charge in [0.15, 0.2) is 0 Å². The summed E-state index contributed by atoms with van der Waals surface area (Å²) >= 11 is 6.26.